The first-order chi connectivity index (χ1) is 11.5. The average Bonchev–Trinajstić information content (AvgIpc) is 2.83. The molecular weight excluding hydrogens is 320 g/mol. The fourth-order valence-corrected chi connectivity index (χ4v) is 4.23. The first kappa shape index (κ1) is 16.8. The van der Waals surface area contributed by atoms with E-state index in [0.717, 1.165) is 30.2 Å². The molecule has 1 aromatic rings. The molecule has 1 aliphatic heterocycles. The van der Waals surface area contributed by atoms with Crippen LogP contribution in [0.15, 0.2) is 29.2 Å². The SMILES string of the molecule is CC1(CN2C(=O)S/C(=C\c3ccc(C#N)cc3)C2=O)CCCCC1. The summed E-state index contributed by atoms with van der Waals surface area (Å²) >= 11 is 1.01. The second-order valence-corrected chi connectivity index (χ2v) is 7.87. The van der Waals surface area contributed by atoms with E-state index in [1.807, 2.05) is 0 Å². The van der Waals surface area contributed by atoms with E-state index in [9.17, 15) is 9.59 Å². The molecule has 0 aromatic heterocycles. The third-order valence-corrected chi connectivity index (χ3v) is 5.72. The van der Waals surface area contributed by atoms with Gasteiger partial charge in [-0.1, -0.05) is 38.3 Å². The number of thioether (sulfide) groups is 1. The van der Waals surface area contributed by atoms with Crippen molar-refractivity contribution in [3.05, 3.63) is 40.3 Å². The molecule has 0 radical (unpaired) electrons. The van der Waals surface area contributed by atoms with E-state index >= 15 is 0 Å². The lowest BCUT2D eigenvalue weighted by atomic mass is 9.75. The number of nitrogens with zero attached hydrogens (tertiary/aromatic N) is 2. The van der Waals surface area contributed by atoms with Gasteiger partial charge >= 0.3 is 0 Å². The number of benzene rings is 1. The third-order valence-electron chi connectivity index (χ3n) is 4.81. The molecule has 2 amide bonds. The largest absolute Gasteiger partial charge is 0.293 e. The van der Waals surface area contributed by atoms with Crippen LogP contribution in [0.1, 0.15) is 50.2 Å². The van der Waals surface area contributed by atoms with Crippen LogP contribution in [-0.4, -0.2) is 22.6 Å². The summed E-state index contributed by atoms with van der Waals surface area (Å²) in [6, 6.07) is 9.05. The molecule has 124 valence electrons. The van der Waals surface area contributed by atoms with E-state index < -0.39 is 0 Å². The van der Waals surface area contributed by atoms with E-state index in [2.05, 4.69) is 13.0 Å². The van der Waals surface area contributed by atoms with Crippen LogP contribution >= 0.6 is 11.8 Å². The number of rotatable bonds is 3. The maximum atomic E-state index is 12.6. The molecule has 1 saturated carbocycles. The van der Waals surface area contributed by atoms with Gasteiger partial charge in [0.05, 0.1) is 16.5 Å². The standard InChI is InChI=1S/C19H20N2O2S/c1-19(9-3-2-4-10-19)13-21-17(22)16(24-18(21)23)11-14-5-7-15(12-20)8-6-14/h5-8,11H,2-4,9-10,13H2,1H3/b16-11-. The summed E-state index contributed by atoms with van der Waals surface area (Å²) in [5, 5.41) is 8.65. The normalized spacial score (nSPS) is 22.0. The van der Waals surface area contributed by atoms with Crippen LogP contribution in [0.25, 0.3) is 6.08 Å². The molecule has 1 aromatic carbocycles. The molecule has 3 rings (SSSR count). The second-order valence-electron chi connectivity index (χ2n) is 6.87. The minimum Gasteiger partial charge on any atom is -0.268 e. The Kier molecular flexibility index (Phi) is 4.77. The van der Waals surface area contributed by atoms with Gasteiger partial charge in [0, 0.05) is 6.54 Å². The average molecular weight is 340 g/mol. The number of hydrogen-bond acceptors (Lipinski definition) is 4. The van der Waals surface area contributed by atoms with Crippen LogP contribution < -0.4 is 0 Å². The highest BCUT2D eigenvalue weighted by atomic mass is 32.2. The molecule has 0 unspecified atom stereocenters. The van der Waals surface area contributed by atoms with Gasteiger partial charge in [-0.15, -0.1) is 0 Å². The van der Waals surface area contributed by atoms with E-state index in [1.54, 1.807) is 30.3 Å². The van der Waals surface area contributed by atoms with Crippen molar-refractivity contribution in [2.45, 2.75) is 39.0 Å². The predicted molar refractivity (Wildman–Crippen MR) is 95.0 cm³/mol. The molecule has 0 bridgehead atoms. The molecular formula is C19H20N2O2S. The molecule has 0 N–H and O–H groups in total. The Morgan fingerprint density at radius 3 is 2.50 bits per heavy atom. The van der Waals surface area contributed by atoms with Gasteiger partial charge in [-0.2, -0.15) is 5.26 Å². The summed E-state index contributed by atoms with van der Waals surface area (Å²) in [6.07, 6.45) is 7.47. The number of carbonyl (C=O) groups excluding carboxylic acids is 2. The molecule has 0 atom stereocenters. The molecule has 1 heterocycles. The van der Waals surface area contributed by atoms with Crippen LogP contribution in [0.2, 0.25) is 0 Å². The molecule has 0 spiro atoms. The lowest BCUT2D eigenvalue weighted by Gasteiger charge is -2.35. The third kappa shape index (κ3) is 3.54. The Bertz CT molecular complexity index is 725. The van der Waals surface area contributed by atoms with Crippen molar-refractivity contribution in [2.24, 2.45) is 5.41 Å². The number of nitriles is 1. The van der Waals surface area contributed by atoms with Crippen molar-refractivity contribution < 1.29 is 9.59 Å². The Balaban J connectivity index is 1.75. The first-order valence-corrected chi connectivity index (χ1v) is 9.08. The van der Waals surface area contributed by atoms with Gasteiger partial charge in [-0.05, 0) is 53.8 Å². The lowest BCUT2D eigenvalue weighted by molar-refractivity contribution is -0.124. The van der Waals surface area contributed by atoms with Crippen LogP contribution in [0, 0.1) is 16.7 Å². The number of amides is 2. The smallest absolute Gasteiger partial charge is 0.268 e. The zero-order valence-corrected chi connectivity index (χ0v) is 14.6. The Morgan fingerprint density at radius 2 is 1.88 bits per heavy atom. The number of carbonyl (C=O) groups is 2. The predicted octanol–water partition coefficient (Wildman–Crippen LogP) is 4.56. The maximum Gasteiger partial charge on any atom is 0.293 e. The highest BCUT2D eigenvalue weighted by Crippen LogP contribution is 2.40. The van der Waals surface area contributed by atoms with Crippen LogP contribution in [0.3, 0.4) is 0 Å². The number of hydrogen-bond donors (Lipinski definition) is 0. The highest BCUT2D eigenvalue weighted by Gasteiger charge is 2.40. The van der Waals surface area contributed by atoms with Gasteiger partial charge in [0.15, 0.2) is 0 Å². The van der Waals surface area contributed by atoms with Gasteiger partial charge < -0.3 is 0 Å². The van der Waals surface area contributed by atoms with E-state index in [1.165, 1.54) is 24.2 Å². The van der Waals surface area contributed by atoms with Crippen molar-refractivity contribution in [1.82, 2.24) is 4.90 Å². The molecule has 5 heteroatoms. The van der Waals surface area contributed by atoms with Gasteiger partial charge in [0.2, 0.25) is 0 Å². The van der Waals surface area contributed by atoms with Gasteiger partial charge in [0.25, 0.3) is 11.1 Å². The van der Waals surface area contributed by atoms with Crippen LogP contribution in [0.4, 0.5) is 4.79 Å². The fourth-order valence-electron chi connectivity index (χ4n) is 3.39. The van der Waals surface area contributed by atoms with E-state index in [0.29, 0.717) is 17.0 Å². The summed E-state index contributed by atoms with van der Waals surface area (Å²) in [7, 11) is 0. The Hall–Kier alpha value is -2.06. The zero-order chi connectivity index (χ0) is 17.2. The lowest BCUT2D eigenvalue weighted by Crippen LogP contribution is -2.39. The monoisotopic (exact) mass is 340 g/mol. The molecule has 1 saturated heterocycles. The van der Waals surface area contributed by atoms with E-state index in [-0.39, 0.29) is 16.6 Å². The molecule has 1 aliphatic carbocycles. The quantitative estimate of drug-likeness (QED) is 0.757. The van der Waals surface area contributed by atoms with Gasteiger partial charge in [-0.25, -0.2) is 0 Å². The second kappa shape index (κ2) is 6.82. The molecule has 4 nitrogen and oxygen atoms in total. The van der Waals surface area contributed by atoms with Crippen molar-refractivity contribution in [1.29, 1.82) is 5.26 Å². The van der Waals surface area contributed by atoms with E-state index in [4.69, 9.17) is 5.26 Å². The number of imide groups is 1. The molecule has 2 fully saturated rings. The minimum absolute atomic E-state index is 0.0496. The molecule has 24 heavy (non-hydrogen) atoms. The summed E-state index contributed by atoms with van der Waals surface area (Å²) in [6.45, 7) is 2.70. The van der Waals surface area contributed by atoms with Crippen molar-refractivity contribution >= 4 is 29.0 Å². The first-order valence-electron chi connectivity index (χ1n) is 8.26. The van der Waals surface area contributed by atoms with Crippen LogP contribution in [-0.2, 0) is 4.79 Å². The fraction of sp³-hybridized carbons (Fsp3) is 0.421. The summed E-state index contributed by atoms with van der Waals surface area (Å²) in [4.78, 5) is 26.8. The Morgan fingerprint density at radius 1 is 1.21 bits per heavy atom. The van der Waals surface area contributed by atoms with Crippen molar-refractivity contribution in [2.75, 3.05) is 6.54 Å². The summed E-state index contributed by atoms with van der Waals surface area (Å²) in [5.74, 6) is -0.193. The Labute approximate surface area is 146 Å². The zero-order valence-electron chi connectivity index (χ0n) is 13.7. The van der Waals surface area contributed by atoms with Crippen LogP contribution in [0.5, 0.6) is 0 Å². The summed E-state index contributed by atoms with van der Waals surface area (Å²) < 4.78 is 0. The summed E-state index contributed by atoms with van der Waals surface area (Å²) in [5.41, 5.74) is 1.45. The maximum absolute atomic E-state index is 12.6. The highest BCUT2D eigenvalue weighted by molar-refractivity contribution is 8.18. The minimum atomic E-state index is -0.193. The molecule has 2 aliphatic rings. The van der Waals surface area contributed by atoms with Gasteiger partial charge in [-0.3, -0.25) is 14.5 Å². The van der Waals surface area contributed by atoms with Crippen molar-refractivity contribution in [3.8, 4) is 6.07 Å². The van der Waals surface area contributed by atoms with Gasteiger partial charge in [0.1, 0.15) is 0 Å². The topological polar surface area (TPSA) is 61.2 Å². The van der Waals surface area contributed by atoms with Crippen molar-refractivity contribution in [3.63, 3.8) is 0 Å².